The van der Waals surface area contributed by atoms with E-state index in [2.05, 4.69) is 31.9 Å². The Hall–Kier alpha value is -4.95. The minimum atomic E-state index is -4.94. The molecule has 5 rings (SSSR count). The molecule has 43 heavy (non-hydrogen) atoms. The summed E-state index contributed by atoms with van der Waals surface area (Å²) in [6.45, 7) is 5.87. The molecule has 0 saturated heterocycles. The zero-order valence-electron chi connectivity index (χ0n) is 22.4. The van der Waals surface area contributed by atoms with Crippen LogP contribution in [-0.2, 0) is 21.9 Å². The summed E-state index contributed by atoms with van der Waals surface area (Å²) < 4.78 is 83.0. The highest BCUT2D eigenvalue weighted by Gasteiger charge is 2.37. The number of amides is 2. The topological polar surface area (TPSA) is 109 Å². The Morgan fingerprint density at radius 3 is 2.60 bits per heavy atom. The first-order valence-electron chi connectivity index (χ1n) is 12.8. The number of aromatic amines is 1. The van der Waals surface area contributed by atoms with Crippen LogP contribution in [-0.4, -0.2) is 54.5 Å². The number of benzene rings is 1. The summed E-state index contributed by atoms with van der Waals surface area (Å²) in [5, 5.41) is 6.44. The van der Waals surface area contributed by atoms with Crippen molar-refractivity contribution in [3.05, 3.63) is 78.4 Å². The van der Waals surface area contributed by atoms with Crippen LogP contribution >= 0.6 is 0 Å². The summed E-state index contributed by atoms with van der Waals surface area (Å²) in [6, 6.07) is 1.69. The van der Waals surface area contributed by atoms with Gasteiger partial charge in [0.05, 0.1) is 17.5 Å². The number of carbonyl (C=O) groups is 2. The van der Waals surface area contributed by atoms with Gasteiger partial charge in [0.25, 0.3) is 5.91 Å². The zero-order valence-corrected chi connectivity index (χ0v) is 22.4. The molecule has 0 bridgehead atoms. The average Bonchev–Trinajstić information content (AvgIpc) is 3.63. The fraction of sp³-hybridized carbons (Fsp3) is 0.250. The Morgan fingerprint density at radius 2 is 1.91 bits per heavy atom. The predicted octanol–water partition coefficient (Wildman–Crippen LogP) is 5.86. The van der Waals surface area contributed by atoms with Gasteiger partial charge in [0, 0.05) is 53.7 Å². The molecular weight excluding hydrogens is 580 g/mol. The molecule has 4 aromatic rings. The zero-order chi connectivity index (χ0) is 31.1. The highest BCUT2D eigenvalue weighted by molar-refractivity contribution is 5.97. The lowest BCUT2D eigenvalue weighted by Crippen LogP contribution is -2.34. The van der Waals surface area contributed by atoms with E-state index in [1.165, 1.54) is 23.9 Å². The molecule has 1 aliphatic heterocycles. The van der Waals surface area contributed by atoms with Crippen molar-refractivity contribution >= 4 is 34.2 Å². The van der Waals surface area contributed by atoms with E-state index in [9.17, 15) is 35.9 Å². The number of nitrogens with zero attached hydrogens (tertiary/aromatic N) is 5. The van der Waals surface area contributed by atoms with Gasteiger partial charge >= 0.3 is 12.4 Å². The molecule has 224 valence electrons. The highest BCUT2D eigenvalue weighted by atomic mass is 19.4. The van der Waals surface area contributed by atoms with Crippen molar-refractivity contribution < 1.29 is 35.9 Å². The van der Waals surface area contributed by atoms with Crippen LogP contribution in [0.3, 0.4) is 0 Å². The minimum Gasteiger partial charge on any atom is -0.360 e. The number of alkyl halides is 6. The number of fused-ring (bicyclic) bond motifs is 1. The van der Waals surface area contributed by atoms with Crippen LogP contribution in [0.15, 0.2) is 61.7 Å². The molecule has 0 spiro atoms. The third-order valence-corrected chi connectivity index (χ3v) is 6.98. The van der Waals surface area contributed by atoms with Crippen molar-refractivity contribution in [3.8, 4) is 11.3 Å². The van der Waals surface area contributed by atoms with Gasteiger partial charge in [-0.15, -0.1) is 0 Å². The van der Waals surface area contributed by atoms with Crippen LogP contribution in [0.4, 0.5) is 32.3 Å². The summed E-state index contributed by atoms with van der Waals surface area (Å²) in [7, 11) is 0. The standard InChI is InChI=1S/C28H23F6N7O2/c1-3-23(42)40-8-4-5-16(13-40)17-10-37-41(14-17)15(2)25(43)39-26-36-12-21(28(32,33)34)24(38-26)20-11-35-22-7-6-18(9-19(20)22)27(29,30)31/h3,5-7,9-12,14-15,35H,1,4,8,13H2,2H3,(H,36,38,39,43). The quantitative estimate of drug-likeness (QED) is 0.212. The van der Waals surface area contributed by atoms with Crippen molar-refractivity contribution in [2.75, 3.05) is 18.4 Å². The van der Waals surface area contributed by atoms with Gasteiger partial charge < -0.3 is 9.88 Å². The molecule has 15 heteroatoms. The minimum absolute atomic E-state index is 0.140. The van der Waals surface area contributed by atoms with Crippen molar-refractivity contribution in [2.24, 2.45) is 0 Å². The lowest BCUT2D eigenvalue weighted by Gasteiger charge is -2.26. The van der Waals surface area contributed by atoms with E-state index in [-0.39, 0.29) is 22.4 Å². The van der Waals surface area contributed by atoms with E-state index >= 15 is 0 Å². The number of halogens is 6. The largest absolute Gasteiger partial charge is 0.419 e. The summed E-state index contributed by atoms with van der Waals surface area (Å²) in [5.74, 6) is -1.41. The number of aromatic nitrogens is 5. The summed E-state index contributed by atoms with van der Waals surface area (Å²) in [6.07, 6.45) is -1.15. The Bertz CT molecular complexity index is 1750. The van der Waals surface area contributed by atoms with Gasteiger partial charge in [-0.2, -0.15) is 31.4 Å². The van der Waals surface area contributed by atoms with Crippen LogP contribution in [0.1, 0.15) is 36.1 Å². The van der Waals surface area contributed by atoms with Crippen molar-refractivity contribution in [1.29, 1.82) is 0 Å². The fourth-order valence-electron chi connectivity index (χ4n) is 4.67. The first-order valence-corrected chi connectivity index (χ1v) is 12.8. The molecular formula is C28H23F6N7O2. The second-order valence-corrected chi connectivity index (χ2v) is 9.77. The number of carbonyl (C=O) groups excluding carboxylic acids is 2. The maximum absolute atomic E-state index is 13.9. The van der Waals surface area contributed by atoms with E-state index in [1.54, 1.807) is 11.1 Å². The molecule has 1 unspecified atom stereocenters. The van der Waals surface area contributed by atoms with Gasteiger partial charge in [-0.1, -0.05) is 12.7 Å². The van der Waals surface area contributed by atoms with Gasteiger partial charge in [0.15, 0.2) is 0 Å². The number of rotatable bonds is 6. The highest BCUT2D eigenvalue weighted by Crippen LogP contribution is 2.40. The van der Waals surface area contributed by atoms with Crippen LogP contribution in [0.25, 0.3) is 27.7 Å². The van der Waals surface area contributed by atoms with E-state index in [0.29, 0.717) is 31.3 Å². The van der Waals surface area contributed by atoms with E-state index in [0.717, 1.165) is 30.0 Å². The number of hydrogen-bond donors (Lipinski definition) is 2. The number of hydrogen-bond acceptors (Lipinski definition) is 5. The molecule has 0 saturated carbocycles. The molecule has 1 atom stereocenters. The fourth-order valence-corrected chi connectivity index (χ4v) is 4.67. The van der Waals surface area contributed by atoms with Gasteiger partial charge in [0.1, 0.15) is 11.6 Å². The second-order valence-electron chi connectivity index (χ2n) is 9.77. The van der Waals surface area contributed by atoms with Gasteiger partial charge in [-0.3, -0.25) is 19.6 Å². The molecule has 0 radical (unpaired) electrons. The number of nitrogens with one attached hydrogen (secondary N) is 2. The first-order chi connectivity index (χ1) is 20.3. The van der Waals surface area contributed by atoms with Crippen molar-refractivity contribution in [3.63, 3.8) is 0 Å². The monoisotopic (exact) mass is 603 g/mol. The number of anilines is 1. The summed E-state index contributed by atoms with van der Waals surface area (Å²) in [5.41, 5.74) is -1.64. The third-order valence-electron chi connectivity index (χ3n) is 6.98. The van der Waals surface area contributed by atoms with E-state index in [1.807, 2.05) is 6.08 Å². The second kappa shape index (κ2) is 11.0. The van der Waals surface area contributed by atoms with Gasteiger partial charge in [0.2, 0.25) is 11.9 Å². The van der Waals surface area contributed by atoms with Crippen molar-refractivity contribution in [1.82, 2.24) is 29.6 Å². The van der Waals surface area contributed by atoms with Crippen molar-refractivity contribution in [2.45, 2.75) is 31.7 Å². The molecule has 0 fully saturated rings. The SMILES string of the molecule is C=CC(=O)N1CCC=C(c2cnn(C(C)C(=O)Nc3ncc(C(F)(F)F)c(-c4c[nH]c5ccc(C(F)(F)F)cc45)n3)c2)C1. The molecule has 0 aliphatic carbocycles. The molecule has 1 aromatic carbocycles. The Kier molecular flexibility index (Phi) is 7.58. The smallest absolute Gasteiger partial charge is 0.360 e. The van der Waals surface area contributed by atoms with Gasteiger partial charge in [-0.05, 0) is 43.2 Å². The van der Waals surface area contributed by atoms with Crippen LogP contribution < -0.4 is 5.32 Å². The average molecular weight is 604 g/mol. The maximum atomic E-state index is 13.9. The molecule has 4 heterocycles. The number of H-pyrrole nitrogens is 1. The van der Waals surface area contributed by atoms with E-state index < -0.39 is 47.1 Å². The Labute approximate surface area is 239 Å². The third kappa shape index (κ3) is 6.01. The summed E-state index contributed by atoms with van der Waals surface area (Å²) in [4.78, 5) is 36.9. The lowest BCUT2D eigenvalue weighted by molar-refractivity contribution is -0.138. The predicted molar refractivity (Wildman–Crippen MR) is 144 cm³/mol. The van der Waals surface area contributed by atoms with Gasteiger partial charge in [-0.25, -0.2) is 9.97 Å². The maximum Gasteiger partial charge on any atom is 0.419 e. The summed E-state index contributed by atoms with van der Waals surface area (Å²) >= 11 is 0. The van der Waals surface area contributed by atoms with E-state index in [4.69, 9.17) is 0 Å². The lowest BCUT2D eigenvalue weighted by atomic mass is 10.0. The Morgan fingerprint density at radius 1 is 1.14 bits per heavy atom. The van der Waals surface area contributed by atoms with Crippen LogP contribution in [0, 0.1) is 0 Å². The van der Waals surface area contributed by atoms with Crippen LogP contribution in [0.2, 0.25) is 0 Å². The molecule has 3 aromatic heterocycles. The normalized spacial score (nSPS) is 14.9. The Balaban J connectivity index is 1.41. The van der Waals surface area contributed by atoms with Crippen LogP contribution in [0.5, 0.6) is 0 Å². The first kappa shape index (κ1) is 29.5. The molecule has 9 nitrogen and oxygen atoms in total. The molecule has 1 aliphatic rings. The molecule has 2 amide bonds. The molecule has 2 N–H and O–H groups in total.